The fraction of sp³-hybridized carbons (Fsp3) is 0.192. The van der Waals surface area contributed by atoms with Gasteiger partial charge in [-0.25, -0.2) is 4.39 Å². The molecule has 0 saturated carbocycles. The zero-order valence-corrected chi connectivity index (χ0v) is 18.6. The summed E-state index contributed by atoms with van der Waals surface area (Å²) in [7, 11) is 1.53. The van der Waals surface area contributed by atoms with Crippen molar-refractivity contribution in [3.8, 4) is 11.4 Å². The van der Waals surface area contributed by atoms with Crippen LogP contribution in [0.5, 0.6) is 5.75 Å². The Balaban J connectivity index is 1.50. The van der Waals surface area contributed by atoms with E-state index in [1.165, 1.54) is 23.9 Å². The van der Waals surface area contributed by atoms with Gasteiger partial charge in [0.05, 0.1) is 12.5 Å². The van der Waals surface area contributed by atoms with Crippen LogP contribution in [0.2, 0.25) is 0 Å². The Hall–Kier alpha value is -4.20. The van der Waals surface area contributed by atoms with Crippen LogP contribution in [0.15, 0.2) is 77.6 Å². The topological polar surface area (TPSA) is 67.7 Å². The predicted octanol–water partition coefficient (Wildman–Crippen LogP) is 3.50. The average molecular weight is 458 g/mol. The van der Waals surface area contributed by atoms with E-state index in [1.54, 1.807) is 65.6 Å². The Morgan fingerprint density at radius 1 is 0.882 bits per heavy atom. The third-order valence-electron chi connectivity index (χ3n) is 6.08. The summed E-state index contributed by atoms with van der Waals surface area (Å²) in [4.78, 5) is 30.7. The number of aromatic nitrogens is 2. The number of carbonyl (C=O) groups is 1. The van der Waals surface area contributed by atoms with Crippen molar-refractivity contribution in [1.82, 2.24) is 14.7 Å². The van der Waals surface area contributed by atoms with Crippen LogP contribution in [-0.4, -0.2) is 53.9 Å². The van der Waals surface area contributed by atoms with Crippen molar-refractivity contribution in [2.75, 3.05) is 38.2 Å². The maximum absolute atomic E-state index is 13.6. The van der Waals surface area contributed by atoms with Gasteiger partial charge in [0.1, 0.15) is 17.3 Å². The number of hydrogen-bond acceptors (Lipinski definition) is 5. The van der Waals surface area contributed by atoms with Gasteiger partial charge in [-0.1, -0.05) is 30.3 Å². The highest BCUT2D eigenvalue weighted by atomic mass is 19.1. The van der Waals surface area contributed by atoms with Crippen molar-refractivity contribution in [2.24, 2.45) is 0 Å². The lowest BCUT2D eigenvalue weighted by molar-refractivity contribution is 0.0741. The van der Waals surface area contributed by atoms with Gasteiger partial charge in [0, 0.05) is 37.3 Å². The largest absolute Gasteiger partial charge is 0.494 e. The Morgan fingerprint density at radius 3 is 2.24 bits per heavy atom. The van der Waals surface area contributed by atoms with Crippen LogP contribution in [0.25, 0.3) is 16.5 Å². The molecule has 0 aliphatic carbocycles. The number of ether oxygens (including phenoxy) is 1. The summed E-state index contributed by atoms with van der Waals surface area (Å²) in [5.74, 6) is -0.0296. The van der Waals surface area contributed by atoms with Crippen molar-refractivity contribution < 1.29 is 13.9 Å². The first-order chi connectivity index (χ1) is 16.6. The lowest BCUT2D eigenvalue weighted by atomic mass is 10.1. The minimum absolute atomic E-state index is 0.219. The van der Waals surface area contributed by atoms with Crippen molar-refractivity contribution in [2.45, 2.75) is 0 Å². The second kappa shape index (κ2) is 8.97. The van der Waals surface area contributed by atoms with Crippen LogP contribution in [0.4, 0.5) is 10.1 Å². The summed E-state index contributed by atoms with van der Waals surface area (Å²) >= 11 is 0. The van der Waals surface area contributed by atoms with Crippen molar-refractivity contribution in [1.29, 1.82) is 0 Å². The van der Waals surface area contributed by atoms with Gasteiger partial charge < -0.3 is 14.5 Å². The molecule has 0 atom stereocenters. The molecule has 1 amide bonds. The maximum atomic E-state index is 13.6. The zero-order valence-electron chi connectivity index (χ0n) is 18.6. The number of amides is 1. The van der Waals surface area contributed by atoms with Gasteiger partial charge in [0.15, 0.2) is 5.69 Å². The van der Waals surface area contributed by atoms with E-state index in [9.17, 15) is 14.0 Å². The number of hydrogen-bond donors (Lipinski definition) is 0. The predicted molar refractivity (Wildman–Crippen MR) is 128 cm³/mol. The first-order valence-electron chi connectivity index (χ1n) is 11.0. The van der Waals surface area contributed by atoms with E-state index in [1.807, 2.05) is 0 Å². The lowest BCUT2D eigenvalue weighted by Crippen LogP contribution is -2.49. The van der Waals surface area contributed by atoms with Crippen molar-refractivity contribution >= 4 is 22.4 Å². The Kier molecular flexibility index (Phi) is 5.71. The molecule has 1 saturated heterocycles. The number of piperazine rings is 1. The molecular formula is C26H23FN4O3. The van der Waals surface area contributed by atoms with Gasteiger partial charge >= 0.3 is 0 Å². The number of nitrogens with zero attached hydrogens (tertiary/aromatic N) is 4. The molecule has 1 aliphatic rings. The summed E-state index contributed by atoms with van der Waals surface area (Å²) in [6.45, 7) is 2.20. The number of fused-ring (bicyclic) bond motifs is 1. The van der Waals surface area contributed by atoms with Crippen LogP contribution in [0.1, 0.15) is 10.5 Å². The number of halogens is 1. The molecule has 1 aromatic heterocycles. The maximum Gasteiger partial charge on any atom is 0.279 e. The van der Waals surface area contributed by atoms with Gasteiger partial charge in [-0.15, -0.1) is 0 Å². The van der Waals surface area contributed by atoms with E-state index in [4.69, 9.17) is 4.74 Å². The molecule has 0 spiro atoms. The summed E-state index contributed by atoms with van der Waals surface area (Å²) < 4.78 is 19.9. The number of carbonyl (C=O) groups excluding carboxylic acids is 1. The number of anilines is 1. The minimum Gasteiger partial charge on any atom is -0.494 e. The van der Waals surface area contributed by atoms with Crippen LogP contribution in [-0.2, 0) is 0 Å². The van der Waals surface area contributed by atoms with Gasteiger partial charge in [-0.3, -0.25) is 9.59 Å². The monoisotopic (exact) mass is 458 g/mol. The highest BCUT2D eigenvalue weighted by Gasteiger charge is 2.26. The van der Waals surface area contributed by atoms with E-state index < -0.39 is 0 Å². The van der Waals surface area contributed by atoms with E-state index >= 15 is 0 Å². The van der Waals surface area contributed by atoms with Gasteiger partial charge in [-0.05, 0) is 42.5 Å². The third kappa shape index (κ3) is 3.87. The van der Waals surface area contributed by atoms with E-state index in [0.717, 1.165) is 5.69 Å². The number of para-hydroxylation sites is 2. The highest BCUT2D eigenvalue weighted by molar-refractivity contribution is 6.05. The van der Waals surface area contributed by atoms with Crippen LogP contribution < -0.4 is 15.2 Å². The molecule has 1 aliphatic heterocycles. The number of benzene rings is 3. The second-order valence-electron chi connectivity index (χ2n) is 8.04. The van der Waals surface area contributed by atoms with Gasteiger partial charge in [-0.2, -0.15) is 9.78 Å². The Morgan fingerprint density at radius 2 is 1.53 bits per heavy atom. The summed E-state index contributed by atoms with van der Waals surface area (Å²) in [5, 5.41) is 5.45. The fourth-order valence-electron chi connectivity index (χ4n) is 4.28. The van der Waals surface area contributed by atoms with Crippen LogP contribution in [0, 0.1) is 5.82 Å². The standard InChI is InChI=1S/C26H23FN4O3/c1-34-23-9-5-4-8-22(23)31-25(32)21-7-3-2-6-20(21)24(28-31)26(33)30-16-14-29(15-17-30)19-12-10-18(27)11-13-19/h2-13H,14-17H2,1H3. The smallest absolute Gasteiger partial charge is 0.279 e. The van der Waals surface area contributed by atoms with Crippen LogP contribution in [0.3, 0.4) is 0 Å². The molecule has 7 nitrogen and oxygen atoms in total. The minimum atomic E-state index is -0.322. The van der Waals surface area contributed by atoms with Gasteiger partial charge in [0.25, 0.3) is 11.5 Å². The molecule has 0 bridgehead atoms. The molecule has 0 radical (unpaired) electrons. The Bertz CT molecular complexity index is 1410. The van der Waals surface area contributed by atoms with Crippen molar-refractivity contribution in [3.63, 3.8) is 0 Å². The molecule has 1 fully saturated rings. The first-order valence-corrected chi connectivity index (χ1v) is 11.0. The molecule has 5 rings (SSSR count). The Labute approximate surface area is 195 Å². The summed E-state index contributed by atoms with van der Waals surface area (Å²) in [6, 6.07) is 20.4. The van der Waals surface area contributed by atoms with Crippen molar-refractivity contribution in [3.05, 3.63) is 94.7 Å². The zero-order chi connectivity index (χ0) is 23.7. The van der Waals surface area contributed by atoms with E-state index in [0.29, 0.717) is 48.4 Å². The highest BCUT2D eigenvalue weighted by Crippen LogP contribution is 2.23. The number of methoxy groups -OCH3 is 1. The normalized spacial score (nSPS) is 13.8. The molecule has 3 aromatic carbocycles. The SMILES string of the molecule is COc1ccccc1-n1nc(C(=O)N2CCN(c3ccc(F)cc3)CC2)c2ccccc2c1=O. The average Bonchev–Trinajstić information content (AvgIpc) is 2.89. The molecule has 8 heteroatoms. The molecule has 34 heavy (non-hydrogen) atoms. The molecule has 0 N–H and O–H groups in total. The number of rotatable bonds is 4. The molecule has 0 unspecified atom stereocenters. The fourth-order valence-corrected chi connectivity index (χ4v) is 4.28. The molecule has 4 aromatic rings. The summed E-state index contributed by atoms with van der Waals surface area (Å²) in [5.41, 5.74) is 1.28. The quantitative estimate of drug-likeness (QED) is 0.468. The molecular weight excluding hydrogens is 435 g/mol. The first kappa shape index (κ1) is 21.6. The third-order valence-corrected chi connectivity index (χ3v) is 6.08. The summed E-state index contributed by atoms with van der Waals surface area (Å²) in [6.07, 6.45) is 0. The molecule has 172 valence electrons. The van der Waals surface area contributed by atoms with Crippen LogP contribution >= 0.6 is 0 Å². The second-order valence-corrected chi connectivity index (χ2v) is 8.04. The van der Waals surface area contributed by atoms with Gasteiger partial charge in [0.2, 0.25) is 0 Å². The molecule has 2 heterocycles. The van der Waals surface area contributed by atoms with E-state index in [-0.39, 0.29) is 23.0 Å². The lowest BCUT2D eigenvalue weighted by Gasteiger charge is -2.36. The van der Waals surface area contributed by atoms with E-state index in [2.05, 4.69) is 10.00 Å².